The molecular formula is C16H10Cl3N5. The molecule has 5 nitrogen and oxygen atoms in total. The van der Waals surface area contributed by atoms with Gasteiger partial charge in [0, 0.05) is 31.9 Å². The fraction of sp³-hybridized carbons (Fsp3) is 0.0625. The molecule has 0 radical (unpaired) electrons. The lowest BCUT2D eigenvalue weighted by atomic mass is 10.0. The maximum Gasteiger partial charge on any atom is 0.248 e. The van der Waals surface area contributed by atoms with Crippen molar-refractivity contribution in [2.24, 2.45) is 0 Å². The van der Waals surface area contributed by atoms with Gasteiger partial charge in [-0.2, -0.15) is 4.68 Å². The van der Waals surface area contributed by atoms with Crippen LogP contribution >= 0.6 is 34.8 Å². The Kier molecular flexibility index (Phi) is 3.92. The second-order valence-electron chi connectivity index (χ2n) is 5.21. The topological polar surface area (TPSA) is 55.6 Å². The fourth-order valence-corrected chi connectivity index (χ4v) is 3.55. The van der Waals surface area contributed by atoms with Crippen molar-refractivity contribution in [2.75, 3.05) is 5.32 Å². The van der Waals surface area contributed by atoms with E-state index in [1.165, 1.54) is 0 Å². The van der Waals surface area contributed by atoms with E-state index in [0.29, 0.717) is 21.0 Å². The molecule has 0 spiro atoms. The molecule has 0 unspecified atom stereocenters. The molecule has 2 heterocycles. The number of nitrogens with zero attached hydrogens (tertiary/aromatic N) is 4. The summed E-state index contributed by atoms with van der Waals surface area (Å²) in [6.45, 7) is 0. The van der Waals surface area contributed by atoms with Crippen LogP contribution in [0.5, 0.6) is 0 Å². The van der Waals surface area contributed by atoms with Gasteiger partial charge < -0.3 is 5.32 Å². The van der Waals surface area contributed by atoms with Gasteiger partial charge in [0.2, 0.25) is 5.95 Å². The minimum absolute atomic E-state index is 0.344. The highest BCUT2D eigenvalue weighted by Crippen LogP contribution is 2.39. The molecule has 120 valence electrons. The Morgan fingerprint density at radius 1 is 0.917 bits per heavy atom. The van der Waals surface area contributed by atoms with E-state index in [1.54, 1.807) is 22.9 Å². The molecule has 1 aliphatic rings. The number of aromatic nitrogens is 4. The number of halogens is 3. The molecule has 8 heteroatoms. The minimum Gasteiger partial charge on any atom is -0.323 e. The zero-order chi connectivity index (χ0) is 16.7. The predicted molar refractivity (Wildman–Crippen MR) is 95.5 cm³/mol. The molecule has 4 rings (SSSR count). The summed E-state index contributed by atoms with van der Waals surface area (Å²) >= 11 is 19.1. The molecule has 0 bridgehead atoms. The average molecular weight is 379 g/mol. The van der Waals surface area contributed by atoms with E-state index in [2.05, 4.69) is 20.8 Å². The minimum atomic E-state index is -0.344. The van der Waals surface area contributed by atoms with E-state index in [-0.39, 0.29) is 6.04 Å². The van der Waals surface area contributed by atoms with Crippen LogP contribution in [0.25, 0.3) is 5.70 Å². The number of hydrogen-bond acceptors (Lipinski definition) is 4. The molecule has 0 amide bonds. The second-order valence-corrected chi connectivity index (χ2v) is 6.43. The molecule has 1 aliphatic heterocycles. The molecule has 0 saturated carbocycles. The summed E-state index contributed by atoms with van der Waals surface area (Å²) in [4.78, 5) is 0. The summed E-state index contributed by atoms with van der Waals surface area (Å²) < 4.78 is 1.63. The average Bonchev–Trinajstić information content (AvgIpc) is 3.03. The standard InChI is InChI=1S/C16H10Cl3N5/c17-10-5-2-1-4-9(10)13-8-14(24-16(20-13)21-22-23-24)15-11(18)6-3-7-12(15)19/h1-8,14H,(H,20,21,23)/t14-/m1/s1. The maximum atomic E-state index is 6.38. The molecule has 1 aromatic heterocycles. The lowest BCUT2D eigenvalue weighted by Crippen LogP contribution is -2.21. The number of benzene rings is 2. The van der Waals surface area contributed by atoms with Crippen molar-refractivity contribution in [3.63, 3.8) is 0 Å². The highest BCUT2D eigenvalue weighted by atomic mass is 35.5. The van der Waals surface area contributed by atoms with Crippen molar-refractivity contribution in [3.8, 4) is 0 Å². The van der Waals surface area contributed by atoms with E-state index >= 15 is 0 Å². The highest BCUT2D eigenvalue weighted by molar-refractivity contribution is 6.36. The fourth-order valence-electron chi connectivity index (χ4n) is 2.69. The number of allylic oxidation sites excluding steroid dienone is 1. The highest BCUT2D eigenvalue weighted by Gasteiger charge is 2.28. The van der Waals surface area contributed by atoms with Crippen LogP contribution in [0.4, 0.5) is 5.95 Å². The van der Waals surface area contributed by atoms with Gasteiger partial charge in [-0.1, -0.05) is 64.2 Å². The van der Waals surface area contributed by atoms with Crippen LogP contribution in [0.15, 0.2) is 48.5 Å². The third kappa shape index (κ3) is 2.55. The molecule has 0 fully saturated rings. The van der Waals surface area contributed by atoms with Gasteiger partial charge in [-0.3, -0.25) is 0 Å². The van der Waals surface area contributed by atoms with Crippen molar-refractivity contribution in [3.05, 3.63) is 74.7 Å². The zero-order valence-corrected chi connectivity index (χ0v) is 14.4. The van der Waals surface area contributed by atoms with Crippen molar-refractivity contribution >= 4 is 46.4 Å². The van der Waals surface area contributed by atoms with Gasteiger partial charge in [0.05, 0.1) is 0 Å². The van der Waals surface area contributed by atoms with Crippen LogP contribution in [-0.2, 0) is 0 Å². The van der Waals surface area contributed by atoms with Crippen molar-refractivity contribution in [1.82, 2.24) is 20.2 Å². The zero-order valence-electron chi connectivity index (χ0n) is 12.1. The van der Waals surface area contributed by atoms with Gasteiger partial charge in [0.1, 0.15) is 6.04 Å². The van der Waals surface area contributed by atoms with E-state index in [9.17, 15) is 0 Å². The Labute approximate surface area is 152 Å². The summed E-state index contributed by atoms with van der Waals surface area (Å²) in [6, 6.07) is 12.6. The van der Waals surface area contributed by atoms with Gasteiger partial charge in [0.15, 0.2) is 0 Å². The number of fused-ring (bicyclic) bond motifs is 1. The van der Waals surface area contributed by atoms with Gasteiger partial charge in [-0.25, -0.2) is 0 Å². The van der Waals surface area contributed by atoms with Gasteiger partial charge in [0.25, 0.3) is 0 Å². The van der Waals surface area contributed by atoms with Crippen LogP contribution < -0.4 is 5.32 Å². The molecular weight excluding hydrogens is 369 g/mol. The molecule has 2 aromatic carbocycles. The molecule has 3 aromatic rings. The number of rotatable bonds is 2. The van der Waals surface area contributed by atoms with Crippen molar-refractivity contribution in [2.45, 2.75) is 6.04 Å². The molecule has 1 atom stereocenters. The van der Waals surface area contributed by atoms with Crippen LogP contribution in [0, 0.1) is 0 Å². The Balaban J connectivity index is 1.91. The van der Waals surface area contributed by atoms with Crippen LogP contribution in [0.3, 0.4) is 0 Å². The number of anilines is 1. The second kappa shape index (κ2) is 6.09. The van der Waals surface area contributed by atoms with Gasteiger partial charge >= 0.3 is 0 Å². The van der Waals surface area contributed by atoms with Crippen LogP contribution in [0.1, 0.15) is 17.2 Å². The molecule has 24 heavy (non-hydrogen) atoms. The Bertz CT molecular complexity index is 930. The van der Waals surface area contributed by atoms with Crippen molar-refractivity contribution in [1.29, 1.82) is 0 Å². The number of nitrogens with one attached hydrogen (secondary N) is 1. The molecule has 1 N–H and O–H groups in total. The van der Waals surface area contributed by atoms with E-state index < -0.39 is 0 Å². The Morgan fingerprint density at radius 2 is 1.62 bits per heavy atom. The lowest BCUT2D eigenvalue weighted by Gasteiger charge is -2.25. The van der Waals surface area contributed by atoms with Crippen LogP contribution in [0.2, 0.25) is 15.1 Å². The predicted octanol–water partition coefficient (Wildman–Crippen LogP) is 4.69. The summed E-state index contributed by atoms with van der Waals surface area (Å²) in [5, 5.41) is 16.7. The third-order valence-electron chi connectivity index (χ3n) is 3.79. The van der Waals surface area contributed by atoms with E-state index in [4.69, 9.17) is 34.8 Å². The SMILES string of the molecule is Clc1ccccc1C1=C[C@H](c2c(Cl)cccc2Cl)n2nnnc2N1. The smallest absolute Gasteiger partial charge is 0.248 e. The first-order valence-corrected chi connectivity index (χ1v) is 8.24. The summed E-state index contributed by atoms with van der Waals surface area (Å²) in [6.07, 6.45) is 1.96. The molecule has 0 saturated heterocycles. The quantitative estimate of drug-likeness (QED) is 0.703. The first-order chi connectivity index (χ1) is 11.6. The van der Waals surface area contributed by atoms with Crippen molar-refractivity contribution < 1.29 is 0 Å². The first-order valence-electron chi connectivity index (χ1n) is 7.10. The van der Waals surface area contributed by atoms with E-state index in [1.807, 2.05) is 30.3 Å². The monoisotopic (exact) mass is 377 g/mol. The Morgan fingerprint density at radius 3 is 2.38 bits per heavy atom. The summed E-state index contributed by atoms with van der Waals surface area (Å²) in [5.41, 5.74) is 2.38. The van der Waals surface area contributed by atoms with E-state index in [0.717, 1.165) is 16.8 Å². The van der Waals surface area contributed by atoms with Gasteiger partial charge in [-0.15, -0.1) is 0 Å². The number of tetrazole rings is 1. The normalized spacial score (nSPS) is 16.3. The molecule has 0 aliphatic carbocycles. The third-order valence-corrected chi connectivity index (χ3v) is 4.78. The lowest BCUT2D eigenvalue weighted by molar-refractivity contribution is 0.586. The largest absolute Gasteiger partial charge is 0.323 e. The van der Waals surface area contributed by atoms with Gasteiger partial charge in [-0.05, 0) is 34.7 Å². The Hall–Kier alpha value is -2.08. The number of hydrogen-bond donors (Lipinski definition) is 1. The maximum absolute atomic E-state index is 6.38. The van der Waals surface area contributed by atoms with Crippen LogP contribution in [-0.4, -0.2) is 20.2 Å². The summed E-state index contributed by atoms with van der Waals surface area (Å²) in [7, 11) is 0. The summed E-state index contributed by atoms with van der Waals surface area (Å²) in [5.74, 6) is 0.494. The first kappa shape index (κ1) is 15.4.